The Hall–Kier alpha value is -1.70. The molecule has 11 atom stereocenters. The highest BCUT2D eigenvalue weighted by Gasteiger charge is 2.43. The van der Waals surface area contributed by atoms with Crippen molar-refractivity contribution in [2.24, 2.45) is 35.5 Å². The van der Waals surface area contributed by atoms with Crippen molar-refractivity contribution in [2.45, 2.75) is 111 Å². The van der Waals surface area contributed by atoms with Crippen molar-refractivity contribution in [3.8, 4) is 0 Å². The van der Waals surface area contributed by atoms with Crippen molar-refractivity contribution in [3.63, 3.8) is 0 Å². The van der Waals surface area contributed by atoms with Gasteiger partial charge in [0, 0.05) is 23.7 Å². The summed E-state index contributed by atoms with van der Waals surface area (Å²) in [5, 5.41) is 31.9. The van der Waals surface area contributed by atoms with Crippen LogP contribution in [0.15, 0.2) is 22.8 Å². The fourth-order valence-electron chi connectivity index (χ4n) is 6.08. The third kappa shape index (κ3) is 7.20. The number of ether oxygens (including phenoxy) is 1. The Morgan fingerprint density at radius 3 is 2.25 bits per heavy atom. The lowest BCUT2D eigenvalue weighted by molar-refractivity contribution is -0.169. The molecule has 1 fully saturated rings. The summed E-state index contributed by atoms with van der Waals surface area (Å²) in [7, 11) is 0. The molecule has 0 aromatic carbocycles. The highest BCUT2D eigenvalue weighted by Crippen LogP contribution is 2.37. The van der Waals surface area contributed by atoms with Gasteiger partial charge >= 0.3 is 5.97 Å². The van der Waals surface area contributed by atoms with Crippen molar-refractivity contribution in [3.05, 3.63) is 24.2 Å². The number of rotatable bonds is 14. The van der Waals surface area contributed by atoms with Gasteiger partial charge in [-0.05, 0) is 56.1 Å². The minimum absolute atomic E-state index is 0.120. The van der Waals surface area contributed by atoms with E-state index in [1.807, 2.05) is 46.8 Å². The summed E-state index contributed by atoms with van der Waals surface area (Å²) in [6.07, 6.45) is 2.30. The molecule has 1 aromatic heterocycles. The van der Waals surface area contributed by atoms with Gasteiger partial charge < -0.3 is 24.5 Å². The van der Waals surface area contributed by atoms with E-state index in [2.05, 4.69) is 6.92 Å². The van der Waals surface area contributed by atoms with Gasteiger partial charge in [0.25, 0.3) is 0 Å². The first-order valence-corrected chi connectivity index (χ1v) is 13.8. The quantitative estimate of drug-likeness (QED) is 0.312. The smallest absolute Gasteiger partial charge is 0.309 e. The van der Waals surface area contributed by atoms with Gasteiger partial charge in [-0.1, -0.05) is 48.5 Å². The van der Waals surface area contributed by atoms with Gasteiger partial charge in [-0.15, -0.1) is 0 Å². The molecule has 36 heavy (non-hydrogen) atoms. The van der Waals surface area contributed by atoms with Crippen LogP contribution >= 0.6 is 0 Å². The van der Waals surface area contributed by atoms with E-state index in [9.17, 15) is 24.9 Å². The lowest BCUT2D eigenvalue weighted by Gasteiger charge is -2.42. The number of aliphatic hydroxyl groups is 2. The molecule has 2 rings (SSSR count). The second kappa shape index (κ2) is 13.7. The zero-order chi connectivity index (χ0) is 27.2. The van der Waals surface area contributed by atoms with Crippen LogP contribution in [-0.4, -0.2) is 51.5 Å². The Balaban J connectivity index is 2.06. The van der Waals surface area contributed by atoms with Gasteiger partial charge in [-0.3, -0.25) is 9.59 Å². The highest BCUT2D eigenvalue weighted by molar-refractivity contribution is 5.84. The summed E-state index contributed by atoms with van der Waals surface area (Å²) >= 11 is 0. The highest BCUT2D eigenvalue weighted by atomic mass is 16.5. The van der Waals surface area contributed by atoms with Gasteiger partial charge in [0.05, 0.1) is 36.6 Å². The number of ketones is 1. The molecule has 1 aliphatic rings. The largest absolute Gasteiger partial charge is 0.481 e. The summed E-state index contributed by atoms with van der Waals surface area (Å²) < 4.78 is 11.8. The van der Waals surface area contributed by atoms with Gasteiger partial charge in [0.2, 0.25) is 0 Å². The molecule has 0 spiro atoms. The first-order chi connectivity index (χ1) is 16.9. The predicted molar refractivity (Wildman–Crippen MR) is 139 cm³/mol. The maximum absolute atomic E-state index is 13.5. The van der Waals surface area contributed by atoms with Gasteiger partial charge in [-0.2, -0.15) is 0 Å². The fourth-order valence-corrected chi connectivity index (χ4v) is 6.08. The number of carbonyl (C=O) groups excluding carboxylic acids is 1. The van der Waals surface area contributed by atoms with Crippen molar-refractivity contribution < 1.29 is 34.1 Å². The minimum Gasteiger partial charge on any atom is -0.481 e. The number of carbonyl (C=O) groups is 2. The Labute approximate surface area is 216 Å². The molecular formula is C29H48O7. The molecule has 7 nitrogen and oxygen atoms in total. The van der Waals surface area contributed by atoms with Crippen LogP contribution in [0.5, 0.6) is 0 Å². The van der Waals surface area contributed by atoms with Crippen molar-refractivity contribution in [2.75, 3.05) is 0 Å². The van der Waals surface area contributed by atoms with Gasteiger partial charge in [-0.25, -0.2) is 0 Å². The summed E-state index contributed by atoms with van der Waals surface area (Å²) in [6, 6.07) is 3.77. The van der Waals surface area contributed by atoms with E-state index in [1.165, 1.54) is 0 Å². The van der Waals surface area contributed by atoms with Crippen LogP contribution in [0.4, 0.5) is 0 Å². The van der Waals surface area contributed by atoms with Crippen molar-refractivity contribution in [1.29, 1.82) is 0 Å². The SMILES string of the molecule is CC[C@@H](C(=O)[C@@H](C)[C@@H](O)[C@H](C)[C@@H]1O[C@@H]([C@@H](CC)C(=O)O)CC[C@@H]1C)[C@@H](O)[C@@H](C)C[C@@H](C)c1ccco1. The van der Waals surface area contributed by atoms with E-state index in [-0.39, 0.29) is 35.6 Å². The first kappa shape index (κ1) is 30.5. The lowest BCUT2D eigenvalue weighted by Crippen LogP contribution is -2.49. The van der Waals surface area contributed by atoms with Crippen LogP contribution in [0.25, 0.3) is 0 Å². The summed E-state index contributed by atoms with van der Waals surface area (Å²) in [5.41, 5.74) is 0. The molecule has 0 unspecified atom stereocenters. The molecule has 0 bridgehead atoms. The van der Waals surface area contributed by atoms with E-state index < -0.39 is 42.0 Å². The molecule has 1 saturated heterocycles. The summed E-state index contributed by atoms with van der Waals surface area (Å²) in [5.74, 6) is -2.16. The van der Waals surface area contributed by atoms with Crippen molar-refractivity contribution >= 4 is 11.8 Å². The van der Waals surface area contributed by atoms with Crippen LogP contribution in [0.2, 0.25) is 0 Å². The lowest BCUT2D eigenvalue weighted by atomic mass is 9.74. The third-order valence-electron chi connectivity index (χ3n) is 8.58. The fraction of sp³-hybridized carbons (Fsp3) is 0.793. The third-order valence-corrected chi connectivity index (χ3v) is 8.58. The van der Waals surface area contributed by atoms with Crippen LogP contribution in [0, 0.1) is 35.5 Å². The van der Waals surface area contributed by atoms with Gasteiger partial charge in [0.1, 0.15) is 11.5 Å². The second-order valence-electron chi connectivity index (χ2n) is 11.2. The normalized spacial score (nSPS) is 27.3. The second-order valence-corrected chi connectivity index (χ2v) is 11.2. The number of hydrogen-bond donors (Lipinski definition) is 3. The molecule has 0 amide bonds. The maximum atomic E-state index is 13.5. The molecule has 206 valence electrons. The minimum atomic E-state index is -0.952. The molecule has 0 radical (unpaired) electrons. The standard InChI is InChI=1S/C29H48O7/c1-8-21(29(33)34)24-13-12-16(3)28(36-24)20(7)26(31)19(6)27(32)22(9-2)25(30)18(5)15-17(4)23-11-10-14-35-23/h10-11,14,16-22,24-26,28,30-31H,8-9,12-13,15H2,1-7H3,(H,33,34)/t16-,17+,18-,19-,20-,21+,22+,24+,25-,26+,28+/m0/s1. The number of hydrogen-bond acceptors (Lipinski definition) is 6. The van der Waals surface area contributed by atoms with Gasteiger partial charge in [0.15, 0.2) is 0 Å². The van der Waals surface area contributed by atoms with E-state index in [0.29, 0.717) is 25.7 Å². The Bertz CT molecular complexity index is 807. The zero-order valence-corrected chi connectivity index (χ0v) is 23.1. The van der Waals surface area contributed by atoms with Crippen LogP contribution in [0.3, 0.4) is 0 Å². The summed E-state index contributed by atoms with van der Waals surface area (Å²) in [6.45, 7) is 13.4. The Morgan fingerprint density at radius 2 is 1.72 bits per heavy atom. The average molecular weight is 509 g/mol. The number of furan rings is 1. The number of carboxylic acid groups (broad SMARTS) is 1. The van der Waals surface area contributed by atoms with E-state index in [1.54, 1.807) is 13.2 Å². The van der Waals surface area contributed by atoms with E-state index in [4.69, 9.17) is 9.15 Å². The molecular weight excluding hydrogens is 460 g/mol. The summed E-state index contributed by atoms with van der Waals surface area (Å²) in [4.78, 5) is 25.2. The number of Topliss-reactive ketones (excluding diaryl/α,β-unsaturated/α-hetero) is 1. The molecule has 0 saturated carbocycles. The molecule has 1 aliphatic heterocycles. The molecule has 7 heteroatoms. The molecule has 2 heterocycles. The van der Waals surface area contributed by atoms with Crippen molar-refractivity contribution in [1.82, 2.24) is 0 Å². The number of aliphatic hydroxyl groups excluding tert-OH is 2. The van der Waals surface area contributed by atoms with E-state index in [0.717, 1.165) is 12.2 Å². The molecule has 0 aliphatic carbocycles. The maximum Gasteiger partial charge on any atom is 0.309 e. The number of carboxylic acids is 1. The monoisotopic (exact) mass is 508 g/mol. The van der Waals surface area contributed by atoms with E-state index >= 15 is 0 Å². The first-order valence-electron chi connectivity index (χ1n) is 13.8. The molecule has 1 aromatic rings. The topological polar surface area (TPSA) is 117 Å². The average Bonchev–Trinajstić information content (AvgIpc) is 3.39. The number of aliphatic carboxylic acids is 1. The Kier molecular flexibility index (Phi) is 11.6. The zero-order valence-electron chi connectivity index (χ0n) is 23.1. The van der Waals surface area contributed by atoms with Crippen LogP contribution in [0.1, 0.15) is 92.2 Å². The Morgan fingerprint density at radius 1 is 1.06 bits per heavy atom. The predicted octanol–water partition coefficient (Wildman–Crippen LogP) is 5.29. The van der Waals surface area contributed by atoms with Crippen LogP contribution < -0.4 is 0 Å². The molecule has 3 N–H and O–H groups in total. The van der Waals surface area contributed by atoms with Crippen LogP contribution in [-0.2, 0) is 14.3 Å².